The Kier molecular flexibility index (Phi) is 7.42. The zero-order valence-corrected chi connectivity index (χ0v) is 19.4. The Morgan fingerprint density at radius 3 is 2.50 bits per heavy atom. The van der Waals surface area contributed by atoms with Gasteiger partial charge in [-0.2, -0.15) is 9.98 Å². The fraction of sp³-hybridized carbons (Fsp3) is 0.217. The second kappa shape index (κ2) is 9.88. The van der Waals surface area contributed by atoms with E-state index in [1.165, 1.54) is 12.1 Å². The molecule has 0 aromatic heterocycles. The Bertz CT molecular complexity index is 1330. The number of carboxylic acids is 1. The van der Waals surface area contributed by atoms with Crippen LogP contribution in [-0.2, 0) is 14.8 Å². The molecule has 0 bridgehead atoms. The maximum absolute atomic E-state index is 13.2. The van der Waals surface area contributed by atoms with Crippen LogP contribution in [0.2, 0.25) is 10.0 Å². The smallest absolute Gasteiger partial charge is 0.321 e. The highest BCUT2D eigenvalue weighted by Crippen LogP contribution is 2.38. The van der Waals surface area contributed by atoms with Crippen LogP contribution in [0.25, 0.3) is 21.9 Å². The molecule has 166 valence electrons. The van der Waals surface area contributed by atoms with Gasteiger partial charge < -0.3 is 5.11 Å². The zero-order chi connectivity index (χ0) is 23.5. The largest absolute Gasteiger partial charge is 0.480 e. The Hall–Kier alpha value is -2.63. The molecule has 1 atom stereocenters. The molecule has 1 unspecified atom stereocenters. The summed E-state index contributed by atoms with van der Waals surface area (Å²) in [4.78, 5) is 11.4. The molecular weight excluding hydrogens is 471 g/mol. The molecule has 0 radical (unpaired) electrons. The number of rotatable bonds is 8. The predicted octanol–water partition coefficient (Wildman–Crippen LogP) is 5.61. The van der Waals surface area contributed by atoms with E-state index in [0.29, 0.717) is 17.5 Å². The molecule has 0 aliphatic rings. The lowest BCUT2D eigenvalue weighted by Crippen LogP contribution is -2.40. The molecule has 0 fully saturated rings. The molecule has 9 heteroatoms. The minimum atomic E-state index is -4.28. The number of carbonyl (C=O) groups is 1. The first-order valence-electron chi connectivity index (χ1n) is 9.84. The highest BCUT2D eigenvalue weighted by atomic mass is 35.5. The van der Waals surface area contributed by atoms with Crippen molar-refractivity contribution < 1.29 is 18.3 Å². The SMILES string of the molecule is CCCCC(NS(=O)(=O)c1cc(Cl)cc(Cl)c1-c1ccc2ccc(C#N)cc2c1)C(=O)O. The summed E-state index contributed by atoms with van der Waals surface area (Å²) in [6.45, 7) is 1.89. The van der Waals surface area contributed by atoms with Crippen LogP contribution in [-0.4, -0.2) is 25.5 Å². The lowest BCUT2D eigenvalue weighted by atomic mass is 10.00. The molecule has 2 N–H and O–H groups in total. The van der Waals surface area contributed by atoms with Crippen molar-refractivity contribution in [1.82, 2.24) is 4.72 Å². The third-order valence-corrected chi connectivity index (χ3v) is 7.02. The van der Waals surface area contributed by atoms with E-state index in [4.69, 9.17) is 23.2 Å². The van der Waals surface area contributed by atoms with Gasteiger partial charge in [0.1, 0.15) is 6.04 Å². The molecule has 0 saturated heterocycles. The molecule has 6 nitrogen and oxygen atoms in total. The van der Waals surface area contributed by atoms with Gasteiger partial charge >= 0.3 is 5.97 Å². The fourth-order valence-electron chi connectivity index (χ4n) is 3.41. The number of nitrogens with zero attached hydrogens (tertiary/aromatic N) is 1. The first kappa shape index (κ1) is 24.0. The van der Waals surface area contributed by atoms with Crippen molar-refractivity contribution in [2.45, 2.75) is 37.1 Å². The minimum Gasteiger partial charge on any atom is -0.480 e. The first-order chi connectivity index (χ1) is 15.2. The minimum absolute atomic E-state index is 0.104. The molecule has 3 aromatic rings. The molecule has 0 spiro atoms. The number of halogens is 2. The lowest BCUT2D eigenvalue weighted by molar-refractivity contribution is -0.139. The number of benzene rings is 3. The fourth-order valence-corrected chi connectivity index (χ4v) is 5.63. The summed E-state index contributed by atoms with van der Waals surface area (Å²) in [5, 5.41) is 20.5. The van der Waals surface area contributed by atoms with Gasteiger partial charge in [0.15, 0.2) is 0 Å². The molecule has 0 heterocycles. The summed E-state index contributed by atoms with van der Waals surface area (Å²) >= 11 is 12.5. The first-order valence-corrected chi connectivity index (χ1v) is 12.1. The van der Waals surface area contributed by atoms with Gasteiger partial charge in [-0.05, 0) is 53.1 Å². The highest BCUT2D eigenvalue weighted by molar-refractivity contribution is 7.89. The summed E-state index contributed by atoms with van der Waals surface area (Å²) in [7, 11) is -4.28. The molecule has 32 heavy (non-hydrogen) atoms. The quantitative estimate of drug-likeness (QED) is 0.426. The number of unbranched alkanes of at least 4 members (excludes halogenated alkanes) is 1. The van der Waals surface area contributed by atoms with E-state index < -0.39 is 22.0 Å². The molecule has 3 aromatic carbocycles. The van der Waals surface area contributed by atoms with E-state index in [1.54, 1.807) is 36.4 Å². The van der Waals surface area contributed by atoms with Gasteiger partial charge in [-0.1, -0.05) is 61.2 Å². The molecule has 0 aliphatic carbocycles. The second-order valence-corrected chi connectivity index (χ2v) is 9.83. The van der Waals surface area contributed by atoms with Crippen LogP contribution < -0.4 is 4.72 Å². The Labute approximate surface area is 196 Å². The Morgan fingerprint density at radius 1 is 1.12 bits per heavy atom. The van der Waals surface area contributed by atoms with Gasteiger partial charge in [0.25, 0.3) is 0 Å². The van der Waals surface area contributed by atoms with Crippen LogP contribution in [0.5, 0.6) is 0 Å². The number of nitrogens with one attached hydrogen (secondary N) is 1. The van der Waals surface area contributed by atoms with Gasteiger partial charge in [0.05, 0.1) is 21.6 Å². The topological polar surface area (TPSA) is 107 Å². The number of aliphatic carboxylic acids is 1. The summed E-state index contributed by atoms with van der Waals surface area (Å²) < 4.78 is 28.8. The highest BCUT2D eigenvalue weighted by Gasteiger charge is 2.28. The predicted molar refractivity (Wildman–Crippen MR) is 125 cm³/mol. The molecule has 0 amide bonds. The van der Waals surface area contributed by atoms with E-state index in [-0.39, 0.29) is 26.9 Å². The van der Waals surface area contributed by atoms with Gasteiger partial charge in [0.2, 0.25) is 10.0 Å². The number of hydrogen-bond donors (Lipinski definition) is 2. The van der Waals surface area contributed by atoms with E-state index in [2.05, 4.69) is 10.8 Å². The zero-order valence-electron chi connectivity index (χ0n) is 17.1. The summed E-state index contributed by atoms with van der Waals surface area (Å²) in [5.74, 6) is -1.26. The average molecular weight is 491 g/mol. The lowest BCUT2D eigenvalue weighted by Gasteiger charge is -2.18. The van der Waals surface area contributed by atoms with Crippen molar-refractivity contribution in [1.29, 1.82) is 5.26 Å². The van der Waals surface area contributed by atoms with Crippen molar-refractivity contribution in [2.75, 3.05) is 0 Å². The summed E-state index contributed by atoms with van der Waals surface area (Å²) in [5.41, 5.74) is 1.16. The number of sulfonamides is 1. The third-order valence-electron chi connectivity index (χ3n) is 5.01. The van der Waals surface area contributed by atoms with Crippen molar-refractivity contribution >= 4 is 50.0 Å². The third kappa shape index (κ3) is 5.22. The van der Waals surface area contributed by atoms with E-state index in [9.17, 15) is 23.6 Å². The van der Waals surface area contributed by atoms with Gasteiger partial charge in [-0.25, -0.2) is 8.42 Å². The van der Waals surface area contributed by atoms with Crippen molar-refractivity contribution in [3.63, 3.8) is 0 Å². The maximum atomic E-state index is 13.2. The van der Waals surface area contributed by atoms with Crippen molar-refractivity contribution in [2.24, 2.45) is 0 Å². The molecule has 0 aliphatic heterocycles. The number of carboxylic acid groups (broad SMARTS) is 1. The van der Waals surface area contributed by atoms with E-state index in [0.717, 1.165) is 17.2 Å². The number of fused-ring (bicyclic) bond motifs is 1. The summed E-state index contributed by atoms with van der Waals surface area (Å²) in [6.07, 6.45) is 1.43. The monoisotopic (exact) mass is 490 g/mol. The standard InChI is InChI=1S/C23H20Cl2N2O4S/c1-2-3-4-20(23(28)29)27-32(30,31)21-12-18(24)11-19(25)22(21)16-8-7-15-6-5-14(13-26)9-17(15)10-16/h5-12,20,27H,2-4H2,1H3,(H,28,29). The Balaban J connectivity index is 2.16. The van der Waals surface area contributed by atoms with Crippen LogP contribution in [0.1, 0.15) is 31.7 Å². The van der Waals surface area contributed by atoms with E-state index in [1.807, 2.05) is 6.92 Å². The van der Waals surface area contributed by atoms with Crippen molar-refractivity contribution in [3.05, 3.63) is 64.1 Å². The van der Waals surface area contributed by atoms with Crippen LogP contribution in [0, 0.1) is 11.3 Å². The molecule has 3 rings (SSSR count). The number of hydrogen-bond acceptors (Lipinski definition) is 4. The summed E-state index contributed by atoms with van der Waals surface area (Å²) in [6, 6.07) is 13.9. The molecular formula is C23H20Cl2N2O4S. The van der Waals surface area contributed by atoms with Gasteiger partial charge in [-0.15, -0.1) is 0 Å². The average Bonchev–Trinajstić information content (AvgIpc) is 2.75. The van der Waals surface area contributed by atoms with E-state index >= 15 is 0 Å². The normalized spacial score (nSPS) is 12.4. The van der Waals surface area contributed by atoms with Crippen molar-refractivity contribution in [3.8, 4) is 17.2 Å². The Morgan fingerprint density at radius 2 is 1.84 bits per heavy atom. The van der Waals surface area contributed by atoms with Gasteiger partial charge in [-0.3, -0.25) is 4.79 Å². The van der Waals surface area contributed by atoms with Crippen LogP contribution >= 0.6 is 23.2 Å². The van der Waals surface area contributed by atoms with Crippen LogP contribution in [0.4, 0.5) is 0 Å². The maximum Gasteiger partial charge on any atom is 0.321 e. The van der Waals surface area contributed by atoms with Crippen LogP contribution in [0.15, 0.2) is 53.4 Å². The number of nitriles is 1. The second-order valence-electron chi connectivity index (χ2n) is 7.30. The van der Waals surface area contributed by atoms with Gasteiger partial charge in [0, 0.05) is 10.6 Å². The van der Waals surface area contributed by atoms with Crippen LogP contribution in [0.3, 0.4) is 0 Å². The molecule has 0 saturated carbocycles.